The Kier molecular flexibility index (Phi) is 3.09. The van der Waals surface area contributed by atoms with Gasteiger partial charge in [-0.2, -0.15) is 12.6 Å². The van der Waals surface area contributed by atoms with Crippen LogP contribution in [0, 0.1) is 0 Å². The first-order chi connectivity index (χ1) is 3.18. The van der Waals surface area contributed by atoms with Crippen molar-refractivity contribution in [1.82, 2.24) is 0 Å². The van der Waals surface area contributed by atoms with Crippen LogP contribution in [0.1, 0.15) is 20.3 Å². The smallest absolute Gasteiger partial charge is 0.142 e. The average Bonchev–Trinajstić information content (AvgIpc) is 1.65. The highest BCUT2D eigenvalue weighted by Crippen LogP contribution is 1.99. The standard InChI is InChI=1S/C5H10OS/c1-3-5(7)4(2)6/h5,7H,3H2,1-2H3. The minimum Gasteiger partial charge on any atom is -0.299 e. The van der Waals surface area contributed by atoms with Crippen LogP contribution in [-0.2, 0) is 4.79 Å². The van der Waals surface area contributed by atoms with Gasteiger partial charge in [0.2, 0.25) is 0 Å². The van der Waals surface area contributed by atoms with E-state index in [1.165, 1.54) is 0 Å². The number of hydrogen-bond donors (Lipinski definition) is 1. The van der Waals surface area contributed by atoms with E-state index in [1.54, 1.807) is 6.92 Å². The zero-order valence-corrected chi connectivity index (χ0v) is 5.53. The maximum absolute atomic E-state index is 10.3. The molecule has 0 amide bonds. The Morgan fingerprint density at radius 2 is 2.29 bits per heavy atom. The predicted molar refractivity (Wildman–Crippen MR) is 33.7 cm³/mol. The number of carbonyl (C=O) groups is 1. The lowest BCUT2D eigenvalue weighted by Gasteiger charge is -1.97. The Morgan fingerprint density at radius 3 is 2.29 bits per heavy atom. The van der Waals surface area contributed by atoms with E-state index in [4.69, 9.17) is 0 Å². The second kappa shape index (κ2) is 3.08. The summed E-state index contributed by atoms with van der Waals surface area (Å²) in [5, 5.41) is -0.0417. The van der Waals surface area contributed by atoms with Crippen LogP contribution in [0.3, 0.4) is 0 Å². The lowest BCUT2D eigenvalue weighted by atomic mass is 10.2. The summed E-state index contributed by atoms with van der Waals surface area (Å²) >= 11 is 3.98. The van der Waals surface area contributed by atoms with Crippen molar-refractivity contribution in [2.24, 2.45) is 0 Å². The summed E-state index contributed by atoms with van der Waals surface area (Å²) in [5.74, 6) is 0.158. The molecule has 1 nitrogen and oxygen atoms in total. The molecule has 0 rings (SSSR count). The number of thiol groups is 1. The fraction of sp³-hybridized carbons (Fsp3) is 0.800. The summed E-state index contributed by atoms with van der Waals surface area (Å²) in [4.78, 5) is 10.3. The molecule has 0 aromatic rings. The minimum atomic E-state index is -0.0417. The third-order valence-corrected chi connectivity index (χ3v) is 1.58. The van der Waals surface area contributed by atoms with Crippen molar-refractivity contribution < 1.29 is 4.79 Å². The van der Waals surface area contributed by atoms with Gasteiger partial charge in [0.15, 0.2) is 0 Å². The third-order valence-electron chi connectivity index (χ3n) is 0.856. The molecule has 0 radical (unpaired) electrons. The maximum Gasteiger partial charge on any atom is 0.142 e. The van der Waals surface area contributed by atoms with Gasteiger partial charge in [0.1, 0.15) is 5.78 Å². The van der Waals surface area contributed by atoms with Gasteiger partial charge in [0, 0.05) is 0 Å². The van der Waals surface area contributed by atoms with Crippen molar-refractivity contribution in [1.29, 1.82) is 0 Å². The predicted octanol–water partition coefficient (Wildman–Crippen LogP) is 1.28. The first kappa shape index (κ1) is 7.02. The number of hydrogen-bond acceptors (Lipinski definition) is 2. The zero-order chi connectivity index (χ0) is 5.86. The number of Topliss-reactive ketones (excluding diaryl/α,β-unsaturated/α-hetero) is 1. The van der Waals surface area contributed by atoms with Gasteiger partial charge < -0.3 is 0 Å². The highest BCUT2D eigenvalue weighted by atomic mass is 32.1. The summed E-state index contributed by atoms with van der Waals surface area (Å²) in [7, 11) is 0. The second-order valence-electron chi connectivity index (χ2n) is 1.53. The van der Waals surface area contributed by atoms with Crippen molar-refractivity contribution in [2.75, 3.05) is 0 Å². The van der Waals surface area contributed by atoms with E-state index >= 15 is 0 Å². The van der Waals surface area contributed by atoms with Crippen molar-refractivity contribution in [3.05, 3.63) is 0 Å². The van der Waals surface area contributed by atoms with Crippen LogP contribution in [0.2, 0.25) is 0 Å². The van der Waals surface area contributed by atoms with Gasteiger partial charge in [0.05, 0.1) is 5.25 Å². The normalized spacial score (nSPS) is 13.6. The molecule has 0 aromatic carbocycles. The second-order valence-corrected chi connectivity index (χ2v) is 2.16. The molecule has 0 N–H and O–H groups in total. The molecule has 0 aliphatic rings. The van der Waals surface area contributed by atoms with E-state index < -0.39 is 0 Å². The van der Waals surface area contributed by atoms with Gasteiger partial charge in [0.25, 0.3) is 0 Å². The largest absolute Gasteiger partial charge is 0.299 e. The fourth-order valence-corrected chi connectivity index (χ4v) is 0.287. The Bertz CT molecular complexity index is 70.5. The number of ketones is 1. The first-order valence-corrected chi connectivity index (χ1v) is 2.88. The molecule has 42 valence electrons. The fourth-order valence-electron chi connectivity index (χ4n) is 0.287. The van der Waals surface area contributed by atoms with Crippen LogP contribution in [0.4, 0.5) is 0 Å². The van der Waals surface area contributed by atoms with E-state index in [-0.39, 0.29) is 11.0 Å². The van der Waals surface area contributed by atoms with Crippen molar-refractivity contribution >= 4 is 18.4 Å². The highest BCUT2D eigenvalue weighted by molar-refractivity contribution is 7.81. The van der Waals surface area contributed by atoms with Crippen LogP contribution in [0.15, 0.2) is 0 Å². The molecular formula is C5H10OS. The molecule has 1 atom stereocenters. The lowest BCUT2D eigenvalue weighted by molar-refractivity contribution is -0.116. The van der Waals surface area contributed by atoms with E-state index in [0.29, 0.717) is 0 Å². The van der Waals surface area contributed by atoms with E-state index in [1.807, 2.05) is 6.92 Å². The Balaban J connectivity index is 3.34. The van der Waals surface area contributed by atoms with Crippen LogP contribution in [0.25, 0.3) is 0 Å². The quantitative estimate of drug-likeness (QED) is 0.540. The van der Waals surface area contributed by atoms with E-state index in [2.05, 4.69) is 12.6 Å². The van der Waals surface area contributed by atoms with Gasteiger partial charge in [-0.15, -0.1) is 0 Å². The van der Waals surface area contributed by atoms with E-state index in [0.717, 1.165) is 6.42 Å². The molecule has 0 saturated heterocycles. The maximum atomic E-state index is 10.3. The van der Waals surface area contributed by atoms with E-state index in [9.17, 15) is 4.79 Å². The van der Waals surface area contributed by atoms with Crippen LogP contribution in [-0.4, -0.2) is 11.0 Å². The molecule has 0 aliphatic carbocycles. The third kappa shape index (κ3) is 2.68. The molecule has 1 unspecified atom stereocenters. The van der Waals surface area contributed by atoms with Crippen LogP contribution >= 0.6 is 12.6 Å². The van der Waals surface area contributed by atoms with Crippen LogP contribution in [0.5, 0.6) is 0 Å². The summed E-state index contributed by atoms with van der Waals surface area (Å²) < 4.78 is 0. The van der Waals surface area contributed by atoms with Gasteiger partial charge in [-0.05, 0) is 13.3 Å². The van der Waals surface area contributed by atoms with Gasteiger partial charge >= 0.3 is 0 Å². The van der Waals surface area contributed by atoms with Crippen molar-refractivity contribution in [2.45, 2.75) is 25.5 Å². The molecule has 0 spiro atoms. The topological polar surface area (TPSA) is 17.1 Å². The zero-order valence-electron chi connectivity index (χ0n) is 4.64. The average molecular weight is 118 g/mol. The summed E-state index contributed by atoms with van der Waals surface area (Å²) in [6, 6.07) is 0. The molecule has 0 heterocycles. The molecule has 0 aliphatic heterocycles. The lowest BCUT2D eigenvalue weighted by Crippen LogP contribution is -2.07. The Labute approximate surface area is 49.5 Å². The first-order valence-electron chi connectivity index (χ1n) is 2.37. The Morgan fingerprint density at radius 1 is 1.86 bits per heavy atom. The Hall–Kier alpha value is 0.0200. The van der Waals surface area contributed by atoms with Crippen molar-refractivity contribution in [3.8, 4) is 0 Å². The molecular weight excluding hydrogens is 108 g/mol. The molecule has 0 aromatic heterocycles. The van der Waals surface area contributed by atoms with Gasteiger partial charge in [-0.3, -0.25) is 4.79 Å². The van der Waals surface area contributed by atoms with Gasteiger partial charge in [-0.1, -0.05) is 6.92 Å². The number of rotatable bonds is 2. The molecule has 2 heteroatoms. The molecule has 0 bridgehead atoms. The van der Waals surface area contributed by atoms with Crippen LogP contribution < -0.4 is 0 Å². The monoisotopic (exact) mass is 118 g/mol. The molecule has 0 saturated carbocycles. The number of carbonyl (C=O) groups excluding carboxylic acids is 1. The summed E-state index contributed by atoms with van der Waals surface area (Å²) in [6.45, 7) is 3.50. The summed E-state index contributed by atoms with van der Waals surface area (Å²) in [5.41, 5.74) is 0. The minimum absolute atomic E-state index is 0.0417. The highest BCUT2D eigenvalue weighted by Gasteiger charge is 2.02. The summed E-state index contributed by atoms with van der Waals surface area (Å²) in [6.07, 6.45) is 0.832. The SMILES string of the molecule is CCC(S)C(C)=O. The van der Waals surface area contributed by atoms with Gasteiger partial charge in [-0.25, -0.2) is 0 Å². The molecule has 7 heavy (non-hydrogen) atoms. The van der Waals surface area contributed by atoms with Crippen molar-refractivity contribution in [3.63, 3.8) is 0 Å². The molecule has 0 fully saturated rings.